The molecule has 106 valence electrons. The van der Waals surface area contributed by atoms with Crippen molar-refractivity contribution >= 4 is 26.4 Å². The van der Waals surface area contributed by atoms with E-state index in [-0.39, 0.29) is 11.4 Å². The molecule has 0 amide bonds. The normalized spacial score (nSPS) is 15.1. The van der Waals surface area contributed by atoms with Crippen LogP contribution < -0.4 is 5.01 Å². The summed E-state index contributed by atoms with van der Waals surface area (Å²) in [6.07, 6.45) is 0. The molecular weight excluding hydrogens is 288 g/mol. The molecule has 0 aliphatic carbocycles. The molecule has 0 N–H and O–H groups in total. The summed E-state index contributed by atoms with van der Waals surface area (Å²) in [6.45, 7) is -0.0641. The molecule has 0 unspecified atom stereocenters. The summed E-state index contributed by atoms with van der Waals surface area (Å²) in [6, 6.07) is 16.8. The first-order valence-electron chi connectivity index (χ1n) is 6.33. The minimum Gasteiger partial charge on any atom is -0.289 e. The van der Waals surface area contributed by atoms with Crippen molar-refractivity contribution in [2.24, 2.45) is 5.10 Å². The van der Waals surface area contributed by atoms with Gasteiger partial charge in [-0.05, 0) is 24.3 Å². The number of nitrogens with zero attached hydrogens (tertiary/aromatic N) is 2. The number of hydrazone groups is 1. The van der Waals surface area contributed by atoms with Gasteiger partial charge in [0, 0.05) is 0 Å². The molecule has 0 saturated heterocycles. The van der Waals surface area contributed by atoms with E-state index in [1.165, 1.54) is 17.1 Å². The maximum absolute atomic E-state index is 12.4. The van der Waals surface area contributed by atoms with Crippen molar-refractivity contribution in [3.05, 3.63) is 60.7 Å². The van der Waals surface area contributed by atoms with Crippen molar-refractivity contribution in [1.29, 1.82) is 0 Å². The lowest BCUT2D eigenvalue weighted by molar-refractivity contribution is -0.111. The van der Waals surface area contributed by atoms with Gasteiger partial charge in [-0.25, -0.2) is 8.42 Å². The fourth-order valence-electron chi connectivity index (χ4n) is 2.07. The van der Waals surface area contributed by atoms with E-state index in [9.17, 15) is 13.2 Å². The number of sulfone groups is 1. The average Bonchev–Trinajstić information content (AvgIpc) is 2.92. The number of hydrogen-bond donors (Lipinski definition) is 0. The van der Waals surface area contributed by atoms with Crippen molar-refractivity contribution in [2.75, 3.05) is 11.6 Å². The van der Waals surface area contributed by atoms with Gasteiger partial charge in [-0.15, -0.1) is 0 Å². The fourth-order valence-corrected chi connectivity index (χ4v) is 3.38. The number of carbonyl (C=O) groups excluding carboxylic acids is 1. The molecule has 6 heteroatoms. The van der Waals surface area contributed by atoms with Crippen LogP contribution in [0.2, 0.25) is 0 Å². The molecule has 21 heavy (non-hydrogen) atoms. The number of hydrogen-bond acceptors (Lipinski definition) is 5. The van der Waals surface area contributed by atoms with Gasteiger partial charge in [-0.1, -0.05) is 36.4 Å². The zero-order valence-corrected chi connectivity index (χ0v) is 11.8. The molecule has 0 radical (unpaired) electrons. The SMILES string of the molecule is O=C1CN(c2ccccc2)N=C1S(=O)(=O)c1ccccc1. The summed E-state index contributed by atoms with van der Waals surface area (Å²) < 4.78 is 24.9. The average molecular weight is 300 g/mol. The molecule has 0 aromatic heterocycles. The standard InChI is InChI=1S/C15H12N2O3S/c18-14-11-17(12-7-3-1-4-8-12)16-15(14)21(19,20)13-9-5-2-6-10-13/h1-10H,11H2. The van der Waals surface area contributed by atoms with Gasteiger partial charge in [0.15, 0.2) is 0 Å². The van der Waals surface area contributed by atoms with E-state index in [2.05, 4.69) is 5.10 Å². The minimum absolute atomic E-state index is 0.0641. The van der Waals surface area contributed by atoms with Gasteiger partial charge in [0.1, 0.15) is 6.54 Å². The van der Waals surface area contributed by atoms with Crippen LogP contribution in [0, 0.1) is 0 Å². The Balaban J connectivity index is 2.01. The van der Waals surface area contributed by atoms with Crippen LogP contribution >= 0.6 is 0 Å². The predicted molar refractivity (Wildman–Crippen MR) is 79.9 cm³/mol. The van der Waals surface area contributed by atoms with E-state index in [4.69, 9.17) is 0 Å². The van der Waals surface area contributed by atoms with Gasteiger partial charge >= 0.3 is 0 Å². The maximum atomic E-state index is 12.4. The molecule has 0 saturated carbocycles. The van der Waals surface area contributed by atoms with Gasteiger partial charge < -0.3 is 0 Å². The number of benzene rings is 2. The minimum atomic E-state index is -3.87. The van der Waals surface area contributed by atoms with E-state index in [0.29, 0.717) is 5.69 Å². The molecule has 2 aromatic carbocycles. The Bertz CT molecular complexity index is 799. The third-order valence-corrected chi connectivity index (χ3v) is 4.82. The van der Waals surface area contributed by atoms with Gasteiger partial charge in [-0.3, -0.25) is 9.80 Å². The quantitative estimate of drug-likeness (QED) is 0.849. The lowest BCUT2D eigenvalue weighted by Crippen LogP contribution is -2.23. The third-order valence-electron chi connectivity index (χ3n) is 3.11. The summed E-state index contributed by atoms with van der Waals surface area (Å²) in [7, 11) is -3.87. The number of carbonyl (C=O) groups is 1. The number of para-hydroxylation sites is 1. The maximum Gasteiger partial charge on any atom is 0.229 e. The van der Waals surface area contributed by atoms with Crippen molar-refractivity contribution in [3.8, 4) is 0 Å². The summed E-state index contributed by atoms with van der Waals surface area (Å²) in [5.74, 6) is -0.497. The second kappa shape index (κ2) is 5.14. The van der Waals surface area contributed by atoms with Crippen LogP contribution in [-0.2, 0) is 14.6 Å². The topological polar surface area (TPSA) is 66.8 Å². The Labute approximate surface area is 122 Å². The van der Waals surface area contributed by atoms with Crippen molar-refractivity contribution in [1.82, 2.24) is 0 Å². The van der Waals surface area contributed by atoms with Crippen LogP contribution in [0.5, 0.6) is 0 Å². The van der Waals surface area contributed by atoms with Crippen LogP contribution in [-0.4, -0.2) is 25.8 Å². The molecule has 0 atom stereocenters. The second-order valence-corrected chi connectivity index (χ2v) is 6.40. The zero-order chi connectivity index (χ0) is 14.9. The molecule has 0 bridgehead atoms. The highest BCUT2D eigenvalue weighted by Gasteiger charge is 2.35. The number of rotatable bonds is 2. The Kier molecular flexibility index (Phi) is 3.31. The largest absolute Gasteiger partial charge is 0.289 e. The van der Waals surface area contributed by atoms with Crippen LogP contribution in [0.15, 0.2) is 70.7 Å². The van der Waals surface area contributed by atoms with Crippen LogP contribution in [0.4, 0.5) is 5.69 Å². The lowest BCUT2D eigenvalue weighted by Gasteiger charge is -2.11. The molecule has 0 fully saturated rings. The number of anilines is 1. The van der Waals surface area contributed by atoms with Crippen LogP contribution in [0.1, 0.15) is 0 Å². The Morgan fingerprint density at radius 2 is 1.48 bits per heavy atom. The second-order valence-electron chi connectivity index (χ2n) is 4.54. The van der Waals surface area contributed by atoms with Gasteiger partial charge in [-0.2, -0.15) is 5.10 Å². The molecule has 1 aliphatic heterocycles. The molecule has 5 nitrogen and oxygen atoms in total. The number of ketones is 1. The van der Waals surface area contributed by atoms with E-state index < -0.39 is 20.7 Å². The highest BCUT2D eigenvalue weighted by molar-refractivity contribution is 8.08. The van der Waals surface area contributed by atoms with Gasteiger partial charge in [0.25, 0.3) is 0 Å². The first-order chi connectivity index (χ1) is 10.1. The predicted octanol–water partition coefficient (Wildman–Crippen LogP) is 1.86. The first kappa shape index (κ1) is 13.5. The molecule has 1 aliphatic rings. The highest BCUT2D eigenvalue weighted by Crippen LogP contribution is 2.22. The smallest absolute Gasteiger partial charge is 0.229 e. The Morgan fingerprint density at radius 1 is 0.905 bits per heavy atom. The molecule has 2 aromatic rings. The first-order valence-corrected chi connectivity index (χ1v) is 7.82. The van der Waals surface area contributed by atoms with E-state index in [1.807, 2.05) is 6.07 Å². The van der Waals surface area contributed by atoms with Crippen molar-refractivity contribution < 1.29 is 13.2 Å². The Hall–Kier alpha value is -2.47. The molecule has 3 rings (SSSR count). The summed E-state index contributed by atoms with van der Waals surface area (Å²) in [5, 5.41) is 5.00. The number of Topliss-reactive ketones (excluding diaryl/α,β-unsaturated/α-hetero) is 1. The lowest BCUT2D eigenvalue weighted by atomic mass is 10.3. The fraction of sp³-hybridized carbons (Fsp3) is 0.0667. The van der Waals surface area contributed by atoms with Crippen LogP contribution in [0.3, 0.4) is 0 Å². The third kappa shape index (κ3) is 2.45. The monoisotopic (exact) mass is 300 g/mol. The van der Waals surface area contributed by atoms with Gasteiger partial charge in [0.2, 0.25) is 20.7 Å². The van der Waals surface area contributed by atoms with E-state index in [1.54, 1.807) is 42.5 Å². The molecule has 1 heterocycles. The van der Waals surface area contributed by atoms with E-state index in [0.717, 1.165) is 0 Å². The Morgan fingerprint density at radius 3 is 2.10 bits per heavy atom. The summed E-state index contributed by atoms with van der Waals surface area (Å²) >= 11 is 0. The van der Waals surface area contributed by atoms with Crippen molar-refractivity contribution in [2.45, 2.75) is 4.90 Å². The van der Waals surface area contributed by atoms with E-state index >= 15 is 0 Å². The van der Waals surface area contributed by atoms with Crippen LogP contribution in [0.25, 0.3) is 0 Å². The molecule has 0 spiro atoms. The summed E-state index contributed by atoms with van der Waals surface area (Å²) in [4.78, 5) is 12.1. The van der Waals surface area contributed by atoms with Gasteiger partial charge in [0.05, 0.1) is 10.6 Å². The highest BCUT2D eigenvalue weighted by atomic mass is 32.2. The van der Waals surface area contributed by atoms with Crippen molar-refractivity contribution in [3.63, 3.8) is 0 Å². The summed E-state index contributed by atoms with van der Waals surface area (Å²) in [5.41, 5.74) is 0.684. The zero-order valence-electron chi connectivity index (χ0n) is 11.0. The molecular formula is C15H12N2O3S.